The van der Waals surface area contributed by atoms with E-state index in [1.54, 1.807) is 38.3 Å². The first-order valence-corrected chi connectivity index (χ1v) is 5.08. The number of rotatable bonds is 5. The maximum Gasteiger partial charge on any atom is 0.310 e. The van der Waals surface area contributed by atoms with E-state index in [1.165, 1.54) is 0 Å². The van der Waals surface area contributed by atoms with Crippen LogP contribution in [0.15, 0.2) is 24.3 Å². The number of methoxy groups -OCH3 is 1. The van der Waals surface area contributed by atoms with Crippen LogP contribution in [-0.4, -0.2) is 30.9 Å². The highest BCUT2D eigenvalue weighted by molar-refractivity contribution is 5.72. The van der Waals surface area contributed by atoms with Crippen LogP contribution in [0.2, 0.25) is 0 Å². The molecular formula is C12H16O4. The third kappa shape index (κ3) is 4.31. The van der Waals surface area contributed by atoms with Crippen LogP contribution in [0.3, 0.4) is 0 Å². The van der Waals surface area contributed by atoms with Crippen molar-refractivity contribution in [2.24, 2.45) is 0 Å². The highest BCUT2D eigenvalue weighted by atomic mass is 16.6. The van der Waals surface area contributed by atoms with Crippen molar-refractivity contribution in [3.8, 4) is 5.75 Å². The number of aromatic hydroxyl groups is 1. The van der Waals surface area contributed by atoms with Crippen LogP contribution in [-0.2, 0) is 20.7 Å². The fraction of sp³-hybridized carbons (Fsp3) is 0.417. The Morgan fingerprint density at radius 2 is 2.00 bits per heavy atom. The average molecular weight is 224 g/mol. The number of phenols is 1. The number of carbonyl (C=O) groups excluding carboxylic acids is 1. The third-order valence-corrected chi connectivity index (χ3v) is 2.02. The van der Waals surface area contributed by atoms with Gasteiger partial charge in [0.15, 0.2) is 0 Å². The number of hydrogen-bond donors (Lipinski definition) is 1. The minimum absolute atomic E-state index is 0.185. The highest BCUT2D eigenvalue weighted by Crippen LogP contribution is 2.10. The first-order chi connectivity index (χ1) is 7.61. The first-order valence-electron chi connectivity index (χ1n) is 5.08. The summed E-state index contributed by atoms with van der Waals surface area (Å²) >= 11 is 0. The van der Waals surface area contributed by atoms with Crippen LogP contribution in [0.1, 0.15) is 12.5 Å². The van der Waals surface area contributed by atoms with Crippen LogP contribution in [0, 0.1) is 0 Å². The Morgan fingerprint density at radius 1 is 1.38 bits per heavy atom. The molecule has 1 atom stereocenters. The van der Waals surface area contributed by atoms with Gasteiger partial charge in [0.2, 0.25) is 0 Å². The molecule has 88 valence electrons. The molecule has 0 saturated heterocycles. The second-order valence-electron chi connectivity index (χ2n) is 3.60. The molecule has 0 saturated carbocycles. The summed E-state index contributed by atoms with van der Waals surface area (Å²) in [5, 5.41) is 9.07. The summed E-state index contributed by atoms with van der Waals surface area (Å²) in [6.07, 6.45) is -0.0384. The molecule has 0 aliphatic carbocycles. The smallest absolute Gasteiger partial charge is 0.310 e. The van der Waals surface area contributed by atoms with Crippen LogP contribution < -0.4 is 0 Å². The topological polar surface area (TPSA) is 55.8 Å². The van der Waals surface area contributed by atoms with Crippen molar-refractivity contribution in [3.05, 3.63) is 29.8 Å². The van der Waals surface area contributed by atoms with Gasteiger partial charge in [-0.1, -0.05) is 12.1 Å². The summed E-state index contributed by atoms with van der Waals surface area (Å²) in [5.41, 5.74) is 0.812. The Balaban J connectivity index is 2.42. The monoisotopic (exact) mass is 224 g/mol. The van der Waals surface area contributed by atoms with Crippen molar-refractivity contribution in [1.82, 2.24) is 0 Å². The normalized spacial score (nSPS) is 12.1. The van der Waals surface area contributed by atoms with E-state index < -0.39 is 0 Å². The molecule has 1 N–H and O–H groups in total. The first kappa shape index (κ1) is 12.5. The predicted molar refractivity (Wildman–Crippen MR) is 59.2 cm³/mol. The van der Waals surface area contributed by atoms with Crippen molar-refractivity contribution in [2.75, 3.05) is 13.7 Å². The molecule has 0 bridgehead atoms. The van der Waals surface area contributed by atoms with Gasteiger partial charge in [0, 0.05) is 7.11 Å². The zero-order valence-electron chi connectivity index (χ0n) is 9.47. The van der Waals surface area contributed by atoms with E-state index in [-0.39, 0.29) is 24.2 Å². The summed E-state index contributed by atoms with van der Waals surface area (Å²) in [4.78, 5) is 11.4. The van der Waals surface area contributed by atoms with E-state index in [1.807, 2.05) is 0 Å². The molecule has 0 amide bonds. The van der Waals surface area contributed by atoms with Gasteiger partial charge < -0.3 is 14.6 Å². The van der Waals surface area contributed by atoms with Crippen molar-refractivity contribution in [1.29, 1.82) is 0 Å². The third-order valence-electron chi connectivity index (χ3n) is 2.02. The fourth-order valence-corrected chi connectivity index (χ4v) is 1.32. The number of hydrogen-bond acceptors (Lipinski definition) is 4. The standard InChI is InChI=1S/C12H16O4/c1-9(8-15-2)16-12(14)7-10-3-5-11(13)6-4-10/h3-6,9,13H,7-8H2,1-2H3. The van der Waals surface area contributed by atoms with Crippen molar-refractivity contribution >= 4 is 5.97 Å². The molecule has 4 nitrogen and oxygen atoms in total. The average Bonchev–Trinajstić information content (AvgIpc) is 2.21. The quantitative estimate of drug-likeness (QED) is 0.770. The molecule has 0 radical (unpaired) electrons. The Hall–Kier alpha value is -1.55. The lowest BCUT2D eigenvalue weighted by atomic mass is 10.1. The van der Waals surface area contributed by atoms with Crippen molar-refractivity contribution in [3.63, 3.8) is 0 Å². The number of esters is 1. The largest absolute Gasteiger partial charge is 0.508 e. The Labute approximate surface area is 94.8 Å². The Morgan fingerprint density at radius 3 is 2.56 bits per heavy atom. The zero-order valence-corrected chi connectivity index (χ0v) is 9.47. The predicted octanol–water partition coefficient (Wildman–Crippen LogP) is 1.51. The van der Waals surface area contributed by atoms with Gasteiger partial charge in [0.1, 0.15) is 11.9 Å². The van der Waals surface area contributed by atoms with Gasteiger partial charge in [-0.05, 0) is 24.6 Å². The minimum atomic E-state index is -0.296. The lowest BCUT2D eigenvalue weighted by Gasteiger charge is -2.11. The molecule has 0 heterocycles. The number of carbonyl (C=O) groups is 1. The molecule has 0 aliphatic heterocycles. The second kappa shape index (κ2) is 6.12. The van der Waals surface area contributed by atoms with Crippen LogP contribution >= 0.6 is 0 Å². The van der Waals surface area contributed by atoms with E-state index in [2.05, 4.69) is 0 Å². The van der Waals surface area contributed by atoms with Gasteiger partial charge in [-0.3, -0.25) is 4.79 Å². The molecule has 16 heavy (non-hydrogen) atoms. The van der Waals surface area contributed by atoms with Gasteiger partial charge in [0.05, 0.1) is 13.0 Å². The molecular weight excluding hydrogens is 208 g/mol. The summed E-state index contributed by atoms with van der Waals surface area (Å²) < 4.78 is 9.96. The zero-order chi connectivity index (χ0) is 12.0. The molecule has 0 fully saturated rings. The van der Waals surface area contributed by atoms with Gasteiger partial charge in [-0.2, -0.15) is 0 Å². The minimum Gasteiger partial charge on any atom is -0.508 e. The summed E-state index contributed by atoms with van der Waals surface area (Å²) in [7, 11) is 1.56. The SMILES string of the molecule is COCC(C)OC(=O)Cc1ccc(O)cc1. The van der Waals surface area contributed by atoms with Crippen LogP contribution in [0.5, 0.6) is 5.75 Å². The molecule has 0 aliphatic rings. The van der Waals surface area contributed by atoms with E-state index >= 15 is 0 Å². The molecule has 0 spiro atoms. The second-order valence-corrected chi connectivity index (χ2v) is 3.60. The molecule has 4 heteroatoms. The van der Waals surface area contributed by atoms with Crippen LogP contribution in [0.4, 0.5) is 0 Å². The number of benzene rings is 1. The molecule has 1 rings (SSSR count). The van der Waals surface area contributed by atoms with Gasteiger partial charge in [0.25, 0.3) is 0 Å². The molecule has 1 unspecified atom stereocenters. The summed E-state index contributed by atoms with van der Waals surface area (Å²) in [6.45, 7) is 2.17. The van der Waals surface area contributed by atoms with Crippen LogP contribution in [0.25, 0.3) is 0 Å². The molecule has 1 aromatic carbocycles. The van der Waals surface area contributed by atoms with Gasteiger partial charge in [-0.15, -0.1) is 0 Å². The van der Waals surface area contributed by atoms with E-state index in [0.29, 0.717) is 6.61 Å². The maximum absolute atomic E-state index is 11.4. The summed E-state index contributed by atoms with van der Waals surface area (Å²) in [6, 6.07) is 6.47. The summed E-state index contributed by atoms with van der Waals surface area (Å²) in [5.74, 6) is -0.111. The maximum atomic E-state index is 11.4. The van der Waals surface area contributed by atoms with Gasteiger partial charge >= 0.3 is 5.97 Å². The number of phenolic OH excluding ortho intramolecular Hbond substituents is 1. The van der Waals surface area contributed by atoms with E-state index in [9.17, 15) is 4.79 Å². The fourth-order valence-electron chi connectivity index (χ4n) is 1.32. The van der Waals surface area contributed by atoms with E-state index in [0.717, 1.165) is 5.56 Å². The molecule has 1 aromatic rings. The lowest BCUT2D eigenvalue weighted by molar-refractivity contribution is -0.149. The van der Waals surface area contributed by atoms with E-state index in [4.69, 9.17) is 14.6 Å². The highest BCUT2D eigenvalue weighted by Gasteiger charge is 2.09. The Kier molecular flexibility index (Phi) is 4.79. The lowest BCUT2D eigenvalue weighted by Crippen LogP contribution is -2.20. The number of ether oxygens (including phenoxy) is 2. The molecule has 0 aromatic heterocycles. The van der Waals surface area contributed by atoms with Gasteiger partial charge in [-0.25, -0.2) is 0 Å². The Bertz CT molecular complexity index is 331. The van der Waals surface area contributed by atoms with Crippen molar-refractivity contribution in [2.45, 2.75) is 19.4 Å². The van der Waals surface area contributed by atoms with Crippen molar-refractivity contribution < 1.29 is 19.4 Å².